The van der Waals surface area contributed by atoms with Gasteiger partial charge in [-0.1, -0.05) is 55.9 Å². The van der Waals surface area contributed by atoms with Gasteiger partial charge in [-0.05, 0) is 66.9 Å². The summed E-state index contributed by atoms with van der Waals surface area (Å²) in [5.41, 5.74) is 3.14. The van der Waals surface area contributed by atoms with Gasteiger partial charge in [-0.25, -0.2) is 4.39 Å². The van der Waals surface area contributed by atoms with E-state index < -0.39 is 0 Å². The molecule has 2 heterocycles. The van der Waals surface area contributed by atoms with Crippen molar-refractivity contribution in [2.24, 2.45) is 0 Å². The van der Waals surface area contributed by atoms with Crippen LogP contribution in [-0.4, -0.2) is 57.5 Å². The fourth-order valence-corrected chi connectivity index (χ4v) is 5.59. The van der Waals surface area contributed by atoms with Crippen molar-refractivity contribution < 1.29 is 13.9 Å². The minimum Gasteiger partial charge on any atom is -0.483 e. The molecule has 1 aliphatic rings. The molecule has 1 saturated heterocycles. The van der Waals surface area contributed by atoms with E-state index in [0.717, 1.165) is 17.1 Å². The summed E-state index contributed by atoms with van der Waals surface area (Å²) in [6, 6.07) is 24.5. The Morgan fingerprint density at radius 1 is 0.875 bits per heavy atom. The van der Waals surface area contributed by atoms with E-state index in [0.29, 0.717) is 43.1 Å². The molecule has 208 valence electrons. The Hall–Kier alpha value is -3.85. The number of rotatable bonds is 9. The number of amides is 1. The van der Waals surface area contributed by atoms with Crippen LogP contribution in [-0.2, 0) is 4.79 Å². The van der Waals surface area contributed by atoms with Gasteiger partial charge < -0.3 is 14.5 Å². The lowest BCUT2D eigenvalue weighted by molar-refractivity contribution is -0.128. The van der Waals surface area contributed by atoms with E-state index in [1.807, 2.05) is 58.9 Å². The van der Waals surface area contributed by atoms with Crippen LogP contribution in [0.2, 0.25) is 0 Å². The molecule has 3 aromatic carbocycles. The van der Waals surface area contributed by atoms with Gasteiger partial charge in [0.15, 0.2) is 17.1 Å². The van der Waals surface area contributed by atoms with E-state index in [1.54, 1.807) is 12.1 Å². The Kier molecular flexibility index (Phi) is 8.69. The van der Waals surface area contributed by atoms with Gasteiger partial charge in [0, 0.05) is 37.6 Å². The molecular formula is C31H34FN5O2S. The predicted molar refractivity (Wildman–Crippen MR) is 157 cm³/mol. The molecule has 1 unspecified atom stereocenters. The van der Waals surface area contributed by atoms with Gasteiger partial charge in [-0.3, -0.25) is 9.36 Å². The summed E-state index contributed by atoms with van der Waals surface area (Å²) in [5.74, 6) is 1.96. The largest absolute Gasteiger partial charge is 0.483 e. The van der Waals surface area contributed by atoms with Crippen LogP contribution in [0.15, 0.2) is 84.0 Å². The molecule has 1 amide bonds. The summed E-state index contributed by atoms with van der Waals surface area (Å²) >= 11 is 1.38. The number of nitrogens with zero attached hydrogens (tertiary/aromatic N) is 5. The summed E-state index contributed by atoms with van der Waals surface area (Å²) in [6.45, 7) is 8.94. The van der Waals surface area contributed by atoms with E-state index in [-0.39, 0.29) is 23.6 Å². The van der Waals surface area contributed by atoms with Crippen molar-refractivity contribution in [2.75, 3.05) is 36.8 Å². The smallest absolute Gasteiger partial charge is 0.233 e. The second kappa shape index (κ2) is 12.6. The lowest BCUT2D eigenvalue weighted by Crippen LogP contribution is -2.49. The number of piperazine rings is 1. The number of carbonyl (C=O) groups excluding carboxylic acids is 1. The number of hydrogen-bond donors (Lipinski definition) is 0. The van der Waals surface area contributed by atoms with Crippen LogP contribution >= 0.6 is 11.8 Å². The van der Waals surface area contributed by atoms with Gasteiger partial charge in [-0.2, -0.15) is 0 Å². The van der Waals surface area contributed by atoms with E-state index in [2.05, 4.69) is 41.1 Å². The van der Waals surface area contributed by atoms with Crippen molar-refractivity contribution in [1.82, 2.24) is 19.7 Å². The second-order valence-corrected chi connectivity index (χ2v) is 11.1. The summed E-state index contributed by atoms with van der Waals surface area (Å²) in [4.78, 5) is 17.2. The monoisotopic (exact) mass is 559 g/mol. The van der Waals surface area contributed by atoms with Crippen LogP contribution in [0, 0.1) is 5.82 Å². The molecule has 7 nitrogen and oxygen atoms in total. The quantitative estimate of drug-likeness (QED) is 0.231. The normalized spacial score (nSPS) is 14.4. The first-order valence-electron chi connectivity index (χ1n) is 13.6. The topological polar surface area (TPSA) is 63.5 Å². The average Bonchev–Trinajstić information content (AvgIpc) is 3.41. The number of aromatic nitrogens is 3. The zero-order valence-corrected chi connectivity index (χ0v) is 23.9. The first kappa shape index (κ1) is 27.7. The Labute approximate surface area is 239 Å². The van der Waals surface area contributed by atoms with E-state index in [1.165, 1.54) is 29.5 Å². The molecule has 9 heteroatoms. The Balaban J connectivity index is 1.25. The van der Waals surface area contributed by atoms with Gasteiger partial charge in [0.1, 0.15) is 11.6 Å². The molecule has 0 radical (unpaired) electrons. The van der Waals surface area contributed by atoms with Crippen LogP contribution in [0.25, 0.3) is 5.69 Å². The van der Waals surface area contributed by atoms with E-state index >= 15 is 0 Å². The molecule has 0 bridgehead atoms. The third kappa shape index (κ3) is 6.47. The number of carbonyl (C=O) groups is 1. The SMILES string of the molecule is CC(C)c1ccc(OC(C)c2nnc(SCC(=O)N3CCN(c4ccc(F)cc4)CC3)n2-c2ccccc2)cc1. The highest BCUT2D eigenvalue weighted by Crippen LogP contribution is 2.29. The minimum absolute atomic E-state index is 0.0578. The Morgan fingerprint density at radius 2 is 1.55 bits per heavy atom. The van der Waals surface area contributed by atoms with Crippen molar-refractivity contribution in [1.29, 1.82) is 0 Å². The maximum absolute atomic E-state index is 13.3. The first-order valence-corrected chi connectivity index (χ1v) is 14.6. The molecule has 1 aromatic heterocycles. The fourth-order valence-electron chi connectivity index (χ4n) is 4.73. The summed E-state index contributed by atoms with van der Waals surface area (Å²) in [6.07, 6.45) is -0.359. The third-order valence-corrected chi connectivity index (χ3v) is 7.96. The highest BCUT2D eigenvalue weighted by atomic mass is 32.2. The number of benzene rings is 3. The molecule has 40 heavy (non-hydrogen) atoms. The molecule has 0 spiro atoms. The number of hydrogen-bond acceptors (Lipinski definition) is 6. The van der Waals surface area contributed by atoms with Crippen molar-refractivity contribution in [2.45, 2.75) is 37.9 Å². The highest BCUT2D eigenvalue weighted by molar-refractivity contribution is 7.99. The number of halogens is 1. The Morgan fingerprint density at radius 3 is 2.20 bits per heavy atom. The van der Waals surface area contributed by atoms with Gasteiger partial charge in [0.05, 0.1) is 5.75 Å². The van der Waals surface area contributed by atoms with Crippen molar-refractivity contribution in [3.05, 3.63) is 96.1 Å². The zero-order valence-electron chi connectivity index (χ0n) is 23.0. The number of anilines is 1. The highest BCUT2D eigenvalue weighted by Gasteiger charge is 2.25. The van der Waals surface area contributed by atoms with Gasteiger partial charge in [-0.15, -0.1) is 10.2 Å². The second-order valence-electron chi connectivity index (χ2n) is 10.1. The van der Waals surface area contributed by atoms with Crippen molar-refractivity contribution in [3.63, 3.8) is 0 Å². The van der Waals surface area contributed by atoms with E-state index in [9.17, 15) is 9.18 Å². The summed E-state index contributed by atoms with van der Waals surface area (Å²) < 4.78 is 21.5. The molecule has 5 rings (SSSR count). The molecule has 0 aliphatic carbocycles. The van der Waals surface area contributed by atoms with Crippen molar-refractivity contribution >= 4 is 23.4 Å². The minimum atomic E-state index is -0.359. The number of ether oxygens (including phenoxy) is 1. The molecule has 0 N–H and O–H groups in total. The molecule has 1 aliphatic heterocycles. The average molecular weight is 560 g/mol. The number of thioether (sulfide) groups is 1. The van der Waals surface area contributed by atoms with Crippen LogP contribution < -0.4 is 9.64 Å². The zero-order chi connectivity index (χ0) is 28.1. The van der Waals surface area contributed by atoms with Gasteiger partial charge in [0.2, 0.25) is 5.91 Å². The lowest BCUT2D eigenvalue weighted by Gasteiger charge is -2.36. The summed E-state index contributed by atoms with van der Waals surface area (Å²) in [7, 11) is 0. The summed E-state index contributed by atoms with van der Waals surface area (Å²) in [5, 5.41) is 9.58. The van der Waals surface area contributed by atoms with E-state index in [4.69, 9.17) is 4.74 Å². The predicted octanol–water partition coefficient (Wildman–Crippen LogP) is 6.11. The Bertz CT molecular complexity index is 1400. The van der Waals surface area contributed by atoms with Crippen LogP contribution in [0.5, 0.6) is 5.75 Å². The standard InChI is InChI=1S/C31H34FN5O2S/c1-22(2)24-9-15-28(16-10-24)39-23(3)30-33-34-31(37(30)27-7-5-4-6-8-27)40-21-29(38)36-19-17-35(18-20-36)26-13-11-25(32)12-14-26/h4-16,22-23H,17-21H2,1-3H3. The molecule has 1 atom stereocenters. The fraction of sp³-hybridized carbons (Fsp3) is 0.323. The van der Waals surface area contributed by atoms with Crippen LogP contribution in [0.3, 0.4) is 0 Å². The van der Waals surface area contributed by atoms with Gasteiger partial charge >= 0.3 is 0 Å². The lowest BCUT2D eigenvalue weighted by atomic mass is 10.0. The molecule has 4 aromatic rings. The molecule has 1 fully saturated rings. The third-order valence-electron chi connectivity index (χ3n) is 7.04. The van der Waals surface area contributed by atoms with Crippen molar-refractivity contribution in [3.8, 4) is 11.4 Å². The number of para-hydroxylation sites is 1. The van der Waals surface area contributed by atoms with Gasteiger partial charge in [0.25, 0.3) is 0 Å². The first-order chi connectivity index (χ1) is 19.4. The maximum Gasteiger partial charge on any atom is 0.233 e. The molecular weight excluding hydrogens is 525 g/mol. The van der Waals surface area contributed by atoms with Crippen LogP contribution in [0.1, 0.15) is 44.2 Å². The maximum atomic E-state index is 13.3. The molecule has 0 saturated carbocycles. The van der Waals surface area contributed by atoms with Crippen LogP contribution in [0.4, 0.5) is 10.1 Å².